The first-order chi connectivity index (χ1) is 9.51. The van der Waals surface area contributed by atoms with Gasteiger partial charge in [0.1, 0.15) is 0 Å². The fourth-order valence-electron chi connectivity index (χ4n) is 1.91. The molecular formula is C15H13F2NO2. The minimum absolute atomic E-state index is 0.150. The van der Waals surface area contributed by atoms with E-state index in [1.54, 1.807) is 30.3 Å². The number of carbonyl (C=O) groups excluding carboxylic acids is 1. The molecule has 2 N–H and O–H groups in total. The number of nitrogen functional groups attached to an aromatic ring is 1. The smallest absolute Gasteiger partial charge is 0.337 e. The van der Waals surface area contributed by atoms with Crippen molar-refractivity contribution in [3.05, 3.63) is 53.6 Å². The molecule has 0 bridgehead atoms. The zero-order valence-corrected chi connectivity index (χ0v) is 10.8. The van der Waals surface area contributed by atoms with Gasteiger partial charge in [-0.3, -0.25) is 0 Å². The average molecular weight is 277 g/mol. The zero-order chi connectivity index (χ0) is 14.7. The molecule has 20 heavy (non-hydrogen) atoms. The van der Waals surface area contributed by atoms with Gasteiger partial charge in [0, 0.05) is 11.3 Å². The lowest BCUT2D eigenvalue weighted by atomic mass is 10.0. The number of methoxy groups -OCH3 is 1. The number of hydrogen-bond acceptors (Lipinski definition) is 3. The van der Waals surface area contributed by atoms with Crippen molar-refractivity contribution in [1.82, 2.24) is 0 Å². The van der Waals surface area contributed by atoms with Gasteiger partial charge in [0.2, 0.25) is 0 Å². The molecule has 2 rings (SSSR count). The molecule has 0 aromatic heterocycles. The molecule has 0 atom stereocenters. The van der Waals surface area contributed by atoms with Crippen LogP contribution < -0.4 is 5.73 Å². The largest absolute Gasteiger partial charge is 0.465 e. The number of benzene rings is 2. The van der Waals surface area contributed by atoms with Crippen molar-refractivity contribution >= 4 is 11.7 Å². The van der Waals surface area contributed by atoms with Crippen LogP contribution in [0.1, 0.15) is 22.3 Å². The Morgan fingerprint density at radius 2 is 1.90 bits per heavy atom. The fraction of sp³-hybridized carbons (Fsp3) is 0.133. The predicted octanol–water partition coefficient (Wildman–Crippen LogP) is 3.66. The molecule has 0 unspecified atom stereocenters. The molecule has 2 aromatic rings. The van der Waals surface area contributed by atoms with Gasteiger partial charge in [-0.2, -0.15) is 0 Å². The Morgan fingerprint density at radius 1 is 1.15 bits per heavy atom. The second-order valence-corrected chi connectivity index (χ2v) is 4.26. The summed E-state index contributed by atoms with van der Waals surface area (Å²) in [6.07, 6.45) is -2.60. The van der Waals surface area contributed by atoms with Crippen molar-refractivity contribution < 1.29 is 18.3 Å². The maximum atomic E-state index is 12.8. The molecule has 0 fully saturated rings. The van der Waals surface area contributed by atoms with Gasteiger partial charge in [-0.05, 0) is 41.5 Å². The van der Waals surface area contributed by atoms with Gasteiger partial charge in [-0.15, -0.1) is 0 Å². The number of nitrogens with two attached hydrogens (primary N) is 1. The normalized spacial score (nSPS) is 10.6. The number of hydrogen-bond donors (Lipinski definition) is 1. The molecule has 0 aliphatic rings. The lowest BCUT2D eigenvalue weighted by Gasteiger charge is -2.08. The van der Waals surface area contributed by atoms with Crippen LogP contribution in [0.4, 0.5) is 14.5 Å². The second-order valence-electron chi connectivity index (χ2n) is 4.26. The summed E-state index contributed by atoms with van der Waals surface area (Å²) in [5, 5.41) is 0. The van der Waals surface area contributed by atoms with Gasteiger partial charge in [-0.25, -0.2) is 13.6 Å². The Balaban J connectivity index is 2.48. The zero-order valence-electron chi connectivity index (χ0n) is 10.8. The van der Waals surface area contributed by atoms with E-state index in [0.717, 1.165) is 0 Å². The van der Waals surface area contributed by atoms with Gasteiger partial charge < -0.3 is 10.5 Å². The Hall–Kier alpha value is -2.43. The van der Waals surface area contributed by atoms with Crippen molar-refractivity contribution in [2.24, 2.45) is 0 Å². The molecule has 104 valence electrons. The quantitative estimate of drug-likeness (QED) is 0.688. The van der Waals surface area contributed by atoms with Crippen molar-refractivity contribution in [2.45, 2.75) is 6.43 Å². The summed E-state index contributed by atoms with van der Waals surface area (Å²) in [5.74, 6) is -0.482. The number of alkyl halides is 2. The molecule has 0 aliphatic carbocycles. The number of anilines is 1. The predicted molar refractivity (Wildman–Crippen MR) is 72.6 cm³/mol. The van der Waals surface area contributed by atoms with E-state index in [4.69, 9.17) is 5.73 Å². The number of ether oxygens (including phenoxy) is 1. The van der Waals surface area contributed by atoms with E-state index in [9.17, 15) is 13.6 Å². The third kappa shape index (κ3) is 2.93. The first-order valence-corrected chi connectivity index (χ1v) is 5.88. The van der Waals surface area contributed by atoms with Crippen LogP contribution in [-0.4, -0.2) is 13.1 Å². The van der Waals surface area contributed by atoms with Crippen molar-refractivity contribution in [1.29, 1.82) is 0 Å². The summed E-state index contributed by atoms with van der Waals surface area (Å²) in [5.41, 5.74) is 7.25. The van der Waals surface area contributed by atoms with Gasteiger partial charge in [0.15, 0.2) is 0 Å². The minimum atomic E-state index is -2.60. The average Bonchev–Trinajstić information content (AvgIpc) is 2.45. The highest BCUT2D eigenvalue weighted by Gasteiger charge is 2.11. The van der Waals surface area contributed by atoms with Gasteiger partial charge in [-0.1, -0.05) is 12.1 Å². The third-order valence-electron chi connectivity index (χ3n) is 2.85. The lowest BCUT2D eigenvalue weighted by Crippen LogP contribution is -2.01. The van der Waals surface area contributed by atoms with Gasteiger partial charge >= 0.3 is 5.97 Å². The van der Waals surface area contributed by atoms with Crippen molar-refractivity contribution in [3.63, 3.8) is 0 Å². The first kappa shape index (κ1) is 14.0. The lowest BCUT2D eigenvalue weighted by molar-refractivity contribution is 0.0600. The molecule has 5 heteroatoms. The SMILES string of the molecule is COC(=O)c1cccc(-c2cc(N)cc(C(F)F)c2)c1. The van der Waals surface area contributed by atoms with Crippen LogP contribution in [0.15, 0.2) is 42.5 Å². The molecule has 0 saturated carbocycles. The number of carbonyl (C=O) groups is 1. The van der Waals surface area contributed by atoms with Crippen LogP contribution in [0.3, 0.4) is 0 Å². The highest BCUT2D eigenvalue weighted by atomic mass is 19.3. The fourth-order valence-corrected chi connectivity index (χ4v) is 1.91. The summed E-state index contributed by atoms with van der Waals surface area (Å²) in [7, 11) is 1.28. The Labute approximate surface area is 115 Å². The highest BCUT2D eigenvalue weighted by Crippen LogP contribution is 2.29. The monoisotopic (exact) mass is 277 g/mol. The second kappa shape index (κ2) is 5.69. The molecule has 2 aromatic carbocycles. The van der Waals surface area contributed by atoms with Crippen LogP contribution >= 0.6 is 0 Å². The van der Waals surface area contributed by atoms with Crippen LogP contribution in [0, 0.1) is 0 Å². The minimum Gasteiger partial charge on any atom is -0.465 e. The van der Waals surface area contributed by atoms with Crippen LogP contribution in [0.25, 0.3) is 11.1 Å². The van der Waals surface area contributed by atoms with E-state index in [-0.39, 0.29) is 11.3 Å². The number of esters is 1. The van der Waals surface area contributed by atoms with Crippen molar-refractivity contribution in [2.75, 3.05) is 12.8 Å². The first-order valence-electron chi connectivity index (χ1n) is 5.88. The van der Waals surface area contributed by atoms with E-state index in [2.05, 4.69) is 4.74 Å². The van der Waals surface area contributed by atoms with E-state index in [1.807, 2.05) is 0 Å². The summed E-state index contributed by atoms with van der Waals surface area (Å²) in [4.78, 5) is 11.5. The standard InChI is InChI=1S/C15H13F2NO2/c1-20-15(19)10-4-2-3-9(5-10)11-6-12(14(16)17)8-13(18)7-11/h2-8,14H,18H2,1H3. The molecule has 0 saturated heterocycles. The Morgan fingerprint density at radius 3 is 2.55 bits per heavy atom. The van der Waals surface area contributed by atoms with Gasteiger partial charge in [0.05, 0.1) is 12.7 Å². The van der Waals surface area contributed by atoms with Crippen LogP contribution in [0.5, 0.6) is 0 Å². The van der Waals surface area contributed by atoms with Crippen LogP contribution in [-0.2, 0) is 4.74 Å². The maximum absolute atomic E-state index is 12.8. The van der Waals surface area contributed by atoms with Gasteiger partial charge in [0.25, 0.3) is 6.43 Å². The van der Waals surface area contributed by atoms with E-state index in [1.165, 1.54) is 19.2 Å². The van der Waals surface area contributed by atoms with E-state index in [0.29, 0.717) is 16.7 Å². The van der Waals surface area contributed by atoms with E-state index >= 15 is 0 Å². The van der Waals surface area contributed by atoms with Crippen LogP contribution in [0.2, 0.25) is 0 Å². The maximum Gasteiger partial charge on any atom is 0.337 e. The molecule has 0 radical (unpaired) electrons. The summed E-state index contributed by atoms with van der Waals surface area (Å²) < 4.78 is 30.2. The number of halogens is 2. The molecule has 0 spiro atoms. The summed E-state index contributed by atoms with van der Waals surface area (Å²) in [6, 6.07) is 10.7. The summed E-state index contributed by atoms with van der Waals surface area (Å²) in [6.45, 7) is 0. The van der Waals surface area contributed by atoms with E-state index < -0.39 is 12.4 Å². The number of rotatable bonds is 3. The molecule has 0 heterocycles. The summed E-state index contributed by atoms with van der Waals surface area (Å²) >= 11 is 0. The molecule has 3 nitrogen and oxygen atoms in total. The highest BCUT2D eigenvalue weighted by molar-refractivity contribution is 5.91. The molecule has 0 aliphatic heterocycles. The Kier molecular flexibility index (Phi) is 3.98. The Bertz CT molecular complexity index is 642. The molecular weight excluding hydrogens is 264 g/mol. The molecule has 0 amide bonds. The third-order valence-corrected chi connectivity index (χ3v) is 2.85. The topological polar surface area (TPSA) is 52.3 Å². The van der Waals surface area contributed by atoms with Crippen molar-refractivity contribution in [3.8, 4) is 11.1 Å².